The van der Waals surface area contributed by atoms with Crippen LogP contribution < -0.4 is 15.8 Å². The molecular formula is C19H24N2O. The van der Waals surface area contributed by atoms with E-state index in [1.165, 1.54) is 28.7 Å². The summed E-state index contributed by atoms with van der Waals surface area (Å²) >= 11 is 0. The number of benzene rings is 2. The van der Waals surface area contributed by atoms with Crippen LogP contribution in [0, 0.1) is 0 Å². The molecule has 0 spiro atoms. The average molecular weight is 296 g/mol. The molecule has 3 nitrogen and oxygen atoms in total. The number of aryl methyl sites for hydroxylation is 1. The van der Waals surface area contributed by atoms with Gasteiger partial charge in [-0.05, 0) is 53.6 Å². The Morgan fingerprint density at radius 2 is 1.86 bits per heavy atom. The highest BCUT2D eigenvalue weighted by Gasteiger charge is 2.18. The summed E-state index contributed by atoms with van der Waals surface area (Å²) in [7, 11) is 1.73. The highest BCUT2D eigenvalue weighted by atomic mass is 16.5. The Bertz CT molecular complexity index is 622. The molecule has 22 heavy (non-hydrogen) atoms. The molecule has 0 saturated carbocycles. The fourth-order valence-corrected chi connectivity index (χ4v) is 3.09. The van der Waals surface area contributed by atoms with Gasteiger partial charge in [0, 0.05) is 19.1 Å². The predicted molar refractivity (Wildman–Crippen MR) is 90.0 cm³/mol. The summed E-state index contributed by atoms with van der Waals surface area (Å²) in [5.74, 6) is 0.955. The number of methoxy groups -OCH3 is 1. The molecule has 0 radical (unpaired) electrons. The van der Waals surface area contributed by atoms with Crippen LogP contribution >= 0.6 is 0 Å². The maximum atomic E-state index is 5.63. The summed E-state index contributed by atoms with van der Waals surface area (Å²) in [4.78, 5) is 0. The minimum absolute atomic E-state index is 0.536. The maximum Gasteiger partial charge on any atom is 0.119 e. The van der Waals surface area contributed by atoms with Gasteiger partial charge in [0.25, 0.3) is 0 Å². The molecule has 0 bridgehead atoms. The molecule has 2 aromatic carbocycles. The molecule has 1 atom stereocenters. The third kappa shape index (κ3) is 3.49. The second-order valence-corrected chi connectivity index (χ2v) is 5.98. The zero-order valence-corrected chi connectivity index (χ0v) is 13.1. The summed E-state index contributed by atoms with van der Waals surface area (Å²) in [6.45, 7) is 1.52. The molecule has 0 saturated heterocycles. The van der Waals surface area contributed by atoms with Gasteiger partial charge in [-0.3, -0.25) is 0 Å². The van der Waals surface area contributed by atoms with E-state index in [0.29, 0.717) is 12.6 Å². The van der Waals surface area contributed by atoms with Gasteiger partial charge in [-0.15, -0.1) is 0 Å². The zero-order valence-electron chi connectivity index (χ0n) is 13.1. The first-order valence-corrected chi connectivity index (χ1v) is 7.95. The Kier molecular flexibility index (Phi) is 4.76. The first-order valence-electron chi connectivity index (χ1n) is 7.95. The number of nitrogens with two attached hydrogens (primary N) is 1. The SMILES string of the molecule is COc1ccc2c(c1)CC(NCc1ccc(CN)cc1)CC2. The Morgan fingerprint density at radius 1 is 1.09 bits per heavy atom. The highest BCUT2D eigenvalue weighted by Crippen LogP contribution is 2.25. The fourth-order valence-electron chi connectivity index (χ4n) is 3.09. The van der Waals surface area contributed by atoms with Gasteiger partial charge in [-0.25, -0.2) is 0 Å². The predicted octanol–water partition coefficient (Wildman–Crippen LogP) is 2.80. The third-order valence-electron chi connectivity index (χ3n) is 4.50. The molecule has 0 heterocycles. The fraction of sp³-hybridized carbons (Fsp3) is 0.368. The lowest BCUT2D eigenvalue weighted by Gasteiger charge is -2.26. The van der Waals surface area contributed by atoms with Gasteiger partial charge in [0.05, 0.1) is 7.11 Å². The van der Waals surface area contributed by atoms with E-state index >= 15 is 0 Å². The Labute approximate surface area is 132 Å². The molecule has 1 aliphatic carbocycles. The summed E-state index contributed by atoms with van der Waals surface area (Å²) < 4.78 is 5.34. The van der Waals surface area contributed by atoms with Crippen molar-refractivity contribution >= 4 is 0 Å². The Morgan fingerprint density at radius 3 is 2.59 bits per heavy atom. The van der Waals surface area contributed by atoms with Crippen molar-refractivity contribution in [3.05, 3.63) is 64.7 Å². The van der Waals surface area contributed by atoms with Gasteiger partial charge in [0.15, 0.2) is 0 Å². The number of ether oxygens (including phenoxy) is 1. The first kappa shape index (κ1) is 15.1. The second kappa shape index (κ2) is 6.95. The van der Waals surface area contributed by atoms with Crippen LogP contribution in [-0.4, -0.2) is 13.2 Å². The van der Waals surface area contributed by atoms with Crippen molar-refractivity contribution in [2.45, 2.75) is 38.4 Å². The van der Waals surface area contributed by atoms with E-state index in [-0.39, 0.29) is 0 Å². The molecular weight excluding hydrogens is 272 g/mol. The molecule has 3 N–H and O–H groups in total. The molecule has 1 aliphatic rings. The zero-order chi connectivity index (χ0) is 15.4. The largest absolute Gasteiger partial charge is 0.497 e. The average Bonchev–Trinajstić information content (AvgIpc) is 2.59. The number of fused-ring (bicyclic) bond motifs is 1. The first-order chi connectivity index (χ1) is 10.8. The number of nitrogens with one attached hydrogen (secondary N) is 1. The van der Waals surface area contributed by atoms with E-state index in [9.17, 15) is 0 Å². The molecule has 0 fully saturated rings. The molecule has 1 unspecified atom stereocenters. The molecule has 3 rings (SSSR count). The van der Waals surface area contributed by atoms with Crippen molar-refractivity contribution in [2.75, 3.05) is 7.11 Å². The number of rotatable bonds is 5. The van der Waals surface area contributed by atoms with Crippen molar-refractivity contribution in [1.82, 2.24) is 5.32 Å². The smallest absolute Gasteiger partial charge is 0.119 e. The molecule has 0 aromatic heterocycles. The van der Waals surface area contributed by atoms with E-state index in [2.05, 4.69) is 47.8 Å². The lowest BCUT2D eigenvalue weighted by atomic mass is 9.88. The van der Waals surface area contributed by atoms with E-state index in [1.807, 2.05) is 0 Å². The lowest BCUT2D eigenvalue weighted by Crippen LogP contribution is -2.34. The van der Waals surface area contributed by atoms with Crippen LogP contribution in [-0.2, 0) is 25.9 Å². The number of hydrogen-bond acceptors (Lipinski definition) is 3. The van der Waals surface area contributed by atoms with Crippen LogP contribution in [0.15, 0.2) is 42.5 Å². The molecule has 3 heteroatoms. The van der Waals surface area contributed by atoms with Crippen LogP contribution in [0.2, 0.25) is 0 Å². The van der Waals surface area contributed by atoms with Gasteiger partial charge < -0.3 is 15.8 Å². The molecule has 2 aromatic rings. The van der Waals surface area contributed by atoms with Crippen LogP contribution in [0.1, 0.15) is 28.7 Å². The summed E-state index contributed by atoms with van der Waals surface area (Å²) in [6.07, 6.45) is 3.41. The van der Waals surface area contributed by atoms with Gasteiger partial charge in [-0.1, -0.05) is 30.3 Å². The quantitative estimate of drug-likeness (QED) is 0.892. The normalized spacial score (nSPS) is 17.1. The lowest BCUT2D eigenvalue weighted by molar-refractivity contribution is 0.411. The number of hydrogen-bond donors (Lipinski definition) is 2. The minimum atomic E-state index is 0.536. The highest BCUT2D eigenvalue weighted by molar-refractivity contribution is 5.38. The van der Waals surface area contributed by atoms with Gasteiger partial charge in [0.1, 0.15) is 5.75 Å². The summed E-state index contributed by atoms with van der Waals surface area (Å²) in [5.41, 5.74) is 11.0. The van der Waals surface area contributed by atoms with E-state index in [4.69, 9.17) is 10.5 Å². The van der Waals surface area contributed by atoms with Crippen molar-refractivity contribution in [3.8, 4) is 5.75 Å². The monoisotopic (exact) mass is 296 g/mol. The Hall–Kier alpha value is -1.84. The molecule has 0 aliphatic heterocycles. The van der Waals surface area contributed by atoms with Crippen molar-refractivity contribution in [1.29, 1.82) is 0 Å². The topological polar surface area (TPSA) is 47.3 Å². The Balaban J connectivity index is 1.59. The second-order valence-electron chi connectivity index (χ2n) is 5.98. The van der Waals surface area contributed by atoms with Crippen molar-refractivity contribution in [3.63, 3.8) is 0 Å². The van der Waals surface area contributed by atoms with Gasteiger partial charge >= 0.3 is 0 Å². The summed E-state index contributed by atoms with van der Waals surface area (Å²) in [6, 6.07) is 15.5. The minimum Gasteiger partial charge on any atom is -0.497 e. The van der Waals surface area contributed by atoms with E-state index in [1.54, 1.807) is 7.11 Å². The van der Waals surface area contributed by atoms with Crippen LogP contribution in [0.25, 0.3) is 0 Å². The van der Waals surface area contributed by atoms with Crippen molar-refractivity contribution < 1.29 is 4.74 Å². The van der Waals surface area contributed by atoms with Gasteiger partial charge in [0.2, 0.25) is 0 Å². The third-order valence-corrected chi connectivity index (χ3v) is 4.50. The van der Waals surface area contributed by atoms with Crippen LogP contribution in [0.5, 0.6) is 5.75 Å². The maximum absolute atomic E-state index is 5.63. The van der Waals surface area contributed by atoms with E-state index < -0.39 is 0 Å². The molecule has 0 amide bonds. The molecule has 116 valence electrons. The van der Waals surface area contributed by atoms with Crippen molar-refractivity contribution in [2.24, 2.45) is 5.73 Å². The van der Waals surface area contributed by atoms with E-state index in [0.717, 1.165) is 25.1 Å². The van der Waals surface area contributed by atoms with Crippen LogP contribution in [0.4, 0.5) is 0 Å². The van der Waals surface area contributed by atoms with Gasteiger partial charge in [-0.2, -0.15) is 0 Å². The summed E-state index contributed by atoms with van der Waals surface area (Å²) in [5, 5.41) is 3.68. The van der Waals surface area contributed by atoms with Crippen LogP contribution in [0.3, 0.4) is 0 Å². The standard InChI is InChI=1S/C19H24N2O/c1-22-19-9-7-16-6-8-18(10-17(16)11-19)21-13-15-4-2-14(12-20)3-5-15/h2-5,7,9,11,18,21H,6,8,10,12-13,20H2,1H3.